The lowest BCUT2D eigenvalue weighted by Crippen LogP contribution is -2.42. The van der Waals surface area contributed by atoms with Crippen LogP contribution >= 0.6 is 22.6 Å². The molecule has 2 N–H and O–H groups in total. The summed E-state index contributed by atoms with van der Waals surface area (Å²) in [7, 11) is 0. The fourth-order valence-electron chi connectivity index (χ4n) is 3.08. The highest BCUT2D eigenvalue weighted by molar-refractivity contribution is 14.1. The highest BCUT2D eigenvalue weighted by Crippen LogP contribution is 2.30. The molecule has 2 aromatic carbocycles. The third-order valence-corrected chi connectivity index (χ3v) is 5.23. The minimum absolute atomic E-state index is 0.0659. The Kier molecular flexibility index (Phi) is 5.73. The van der Waals surface area contributed by atoms with Gasteiger partial charge in [-0.15, -0.1) is 0 Å². The summed E-state index contributed by atoms with van der Waals surface area (Å²) in [4.78, 5) is 14.2. The molecule has 1 atom stereocenters. The minimum Gasteiger partial charge on any atom is -0.388 e. The monoisotopic (exact) mass is 436 g/mol. The quantitative estimate of drug-likeness (QED) is 0.707. The van der Waals surface area contributed by atoms with Gasteiger partial charge in [0, 0.05) is 22.3 Å². The molecule has 1 aliphatic heterocycles. The molecule has 0 bridgehead atoms. The predicted octanol–water partition coefficient (Wildman–Crippen LogP) is 4.27. The number of anilines is 1. The molecule has 126 valence electrons. The van der Waals surface area contributed by atoms with Gasteiger partial charge in [-0.1, -0.05) is 30.3 Å². The van der Waals surface area contributed by atoms with Crippen LogP contribution < -0.4 is 5.32 Å². The molecule has 1 heterocycles. The number of hydrogen-bond donors (Lipinski definition) is 2. The number of amides is 2. The van der Waals surface area contributed by atoms with Crippen LogP contribution in [0.25, 0.3) is 0 Å². The molecule has 0 saturated carbocycles. The number of likely N-dealkylation sites (tertiary alicyclic amines) is 1. The SMILES string of the molecule is O=C(Nc1ccc(I)cc1)N1CCC(C(O)c2ccccc2)CC1. The molecule has 0 aliphatic carbocycles. The summed E-state index contributed by atoms with van der Waals surface area (Å²) >= 11 is 2.24. The molecule has 24 heavy (non-hydrogen) atoms. The number of benzene rings is 2. The van der Waals surface area contributed by atoms with Gasteiger partial charge in [-0.25, -0.2) is 4.79 Å². The van der Waals surface area contributed by atoms with Gasteiger partial charge in [-0.2, -0.15) is 0 Å². The number of halogens is 1. The van der Waals surface area contributed by atoms with Gasteiger partial charge in [0.2, 0.25) is 0 Å². The lowest BCUT2D eigenvalue weighted by molar-refractivity contribution is 0.0683. The van der Waals surface area contributed by atoms with Crippen LogP contribution in [0.15, 0.2) is 54.6 Å². The summed E-state index contributed by atoms with van der Waals surface area (Å²) < 4.78 is 1.14. The fraction of sp³-hybridized carbons (Fsp3) is 0.316. The first kappa shape index (κ1) is 17.2. The number of urea groups is 1. The Morgan fingerprint density at radius 1 is 1.08 bits per heavy atom. The van der Waals surface area contributed by atoms with E-state index in [-0.39, 0.29) is 11.9 Å². The molecule has 1 aliphatic rings. The second-order valence-corrected chi connectivity index (χ2v) is 7.36. The van der Waals surface area contributed by atoms with Crippen molar-refractivity contribution in [2.45, 2.75) is 18.9 Å². The van der Waals surface area contributed by atoms with Gasteiger partial charge in [-0.3, -0.25) is 0 Å². The number of piperidine rings is 1. The Hall–Kier alpha value is -1.60. The molecule has 3 rings (SSSR count). The van der Waals surface area contributed by atoms with Crippen molar-refractivity contribution in [3.63, 3.8) is 0 Å². The fourth-order valence-corrected chi connectivity index (χ4v) is 3.44. The first-order chi connectivity index (χ1) is 11.6. The molecule has 5 heteroatoms. The van der Waals surface area contributed by atoms with Gasteiger partial charge in [0.15, 0.2) is 0 Å². The molecule has 0 radical (unpaired) electrons. The summed E-state index contributed by atoms with van der Waals surface area (Å²) in [5.74, 6) is 0.203. The number of rotatable bonds is 3. The molecular weight excluding hydrogens is 415 g/mol. The summed E-state index contributed by atoms with van der Waals surface area (Å²) in [5.41, 5.74) is 1.77. The molecule has 0 spiro atoms. The maximum atomic E-state index is 12.3. The predicted molar refractivity (Wildman–Crippen MR) is 104 cm³/mol. The van der Waals surface area contributed by atoms with E-state index in [0.717, 1.165) is 27.7 Å². The summed E-state index contributed by atoms with van der Waals surface area (Å²) in [6.45, 7) is 1.34. The summed E-state index contributed by atoms with van der Waals surface area (Å²) in [5, 5.41) is 13.4. The minimum atomic E-state index is -0.451. The third kappa shape index (κ3) is 4.27. The van der Waals surface area contributed by atoms with E-state index in [1.807, 2.05) is 59.5 Å². The van der Waals surface area contributed by atoms with E-state index in [9.17, 15) is 9.90 Å². The van der Waals surface area contributed by atoms with Crippen molar-refractivity contribution in [1.29, 1.82) is 0 Å². The van der Waals surface area contributed by atoms with Crippen LogP contribution in [0.4, 0.5) is 10.5 Å². The maximum Gasteiger partial charge on any atom is 0.321 e. The van der Waals surface area contributed by atoms with Gasteiger partial charge in [-0.05, 0) is 71.2 Å². The van der Waals surface area contributed by atoms with E-state index in [0.29, 0.717) is 13.1 Å². The van der Waals surface area contributed by atoms with Crippen LogP contribution in [0, 0.1) is 9.49 Å². The van der Waals surface area contributed by atoms with Crippen LogP contribution in [-0.4, -0.2) is 29.1 Å². The number of aliphatic hydroxyl groups excluding tert-OH is 1. The Labute approximate surface area is 156 Å². The molecule has 0 aromatic heterocycles. The van der Waals surface area contributed by atoms with Crippen molar-refractivity contribution >= 4 is 34.3 Å². The topological polar surface area (TPSA) is 52.6 Å². The van der Waals surface area contributed by atoms with Gasteiger partial charge < -0.3 is 15.3 Å². The van der Waals surface area contributed by atoms with E-state index < -0.39 is 6.10 Å². The number of carbonyl (C=O) groups excluding carboxylic acids is 1. The number of aliphatic hydroxyl groups is 1. The van der Waals surface area contributed by atoms with Crippen LogP contribution in [0.2, 0.25) is 0 Å². The number of nitrogens with one attached hydrogen (secondary N) is 1. The highest BCUT2D eigenvalue weighted by Gasteiger charge is 2.28. The van der Waals surface area contributed by atoms with Crippen molar-refractivity contribution in [3.05, 3.63) is 63.7 Å². The first-order valence-corrected chi connectivity index (χ1v) is 9.26. The lowest BCUT2D eigenvalue weighted by atomic mass is 9.87. The van der Waals surface area contributed by atoms with Gasteiger partial charge >= 0.3 is 6.03 Å². The normalized spacial score (nSPS) is 16.7. The summed E-state index contributed by atoms with van der Waals surface area (Å²) in [6, 6.07) is 17.5. The van der Waals surface area contributed by atoms with Crippen molar-refractivity contribution in [2.24, 2.45) is 5.92 Å². The molecule has 4 nitrogen and oxygen atoms in total. The number of carbonyl (C=O) groups is 1. The summed E-state index contributed by atoms with van der Waals surface area (Å²) in [6.07, 6.45) is 1.18. The smallest absolute Gasteiger partial charge is 0.321 e. The Morgan fingerprint density at radius 2 is 1.71 bits per heavy atom. The van der Waals surface area contributed by atoms with Crippen LogP contribution in [-0.2, 0) is 0 Å². The molecule has 1 unspecified atom stereocenters. The van der Waals surface area contributed by atoms with Crippen molar-refractivity contribution in [3.8, 4) is 0 Å². The zero-order valence-corrected chi connectivity index (χ0v) is 15.5. The van der Waals surface area contributed by atoms with Gasteiger partial charge in [0.25, 0.3) is 0 Å². The Balaban J connectivity index is 1.53. The van der Waals surface area contributed by atoms with E-state index >= 15 is 0 Å². The Bertz CT molecular complexity index is 668. The second-order valence-electron chi connectivity index (χ2n) is 6.12. The molecular formula is C19H21IN2O2. The molecule has 1 fully saturated rings. The van der Waals surface area contributed by atoms with E-state index in [1.165, 1.54) is 0 Å². The van der Waals surface area contributed by atoms with Crippen molar-refractivity contribution in [1.82, 2.24) is 4.90 Å². The van der Waals surface area contributed by atoms with Crippen molar-refractivity contribution in [2.75, 3.05) is 18.4 Å². The van der Waals surface area contributed by atoms with Gasteiger partial charge in [0.05, 0.1) is 6.10 Å². The highest BCUT2D eigenvalue weighted by atomic mass is 127. The van der Waals surface area contributed by atoms with Gasteiger partial charge in [0.1, 0.15) is 0 Å². The molecule has 1 saturated heterocycles. The second kappa shape index (κ2) is 7.98. The third-order valence-electron chi connectivity index (χ3n) is 4.51. The average molecular weight is 436 g/mol. The van der Waals surface area contributed by atoms with E-state index in [2.05, 4.69) is 27.9 Å². The van der Waals surface area contributed by atoms with Crippen LogP contribution in [0.1, 0.15) is 24.5 Å². The van der Waals surface area contributed by atoms with Crippen LogP contribution in [0.5, 0.6) is 0 Å². The average Bonchev–Trinajstić information content (AvgIpc) is 2.64. The van der Waals surface area contributed by atoms with E-state index in [1.54, 1.807) is 0 Å². The zero-order chi connectivity index (χ0) is 16.9. The number of hydrogen-bond acceptors (Lipinski definition) is 2. The zero-order valence-electron chi connectivity index (χ0n) is 13.4. The maximum absolute atomic E-state index is 12.3. The molecule has 2 aromatic rings. The van der Waals surface area contributed by atoms with Crippen molar-refractivity contribution < 1.29 is 9.90 Å². The lowest BCUT2D eigenvalue weighted by Gasteiger charge is -2.34. The van der Waals surface area contributed by atoms with Crippen LogP contribution in [0.3, 0.4) is 0 Å². The largest absolute Gasteiger partial charge is 0.388 e. The standard InChI is InChI=1S/C19H21IN2O2/c20-16-6-8-17(9-7-16)21-19(24)22-12-10-15(11-13-22)18(23)14-4-2-1-3-5-14/h1-9,15,18,23H,10-13H2,(H,21,24). The van der Waals surface area contributed by atoms with E-state index in [4.69, 9.17) is 0 Å². The Morgan fingerprint density at radius 3 is 2.33 bits per heavy atom. The number of nitrogens with zero attached hydrogens (tertiary/aromatic N) is 1. The molecule has 2 amide bonds. The first-order valence-electron chi connectivity index (χ1n) is 8.18.